The van der Waals surface area contributed by atoms with Crippen LogP contribution in [0, 0.1) is 3.57 Å². The highest BCUT2D eigenvalue weighted by molar-refractivity contribution is 14.1. The average Bonchev–Trinajstić information content (AvgIpc) is 2.15. The summed E-state index contributed by atoms with van der Waals surface area (Å²) in [5, 5.41) is 9.43. The van der Waals surface area contributed by atoms with E-state index in [2.05, 4.69) is 48.3 Å². The Morgan fingerprint density at radius 3 is 2.08 bits per heavy atom. The molecule has 0 bridgehead atoms. The lowest BCUT2D eigenvalue weighted by molar-refractivity contribution is 0.473. The summed E-state index contributed by atoms with van der Waals surface area (Å²) in [6.07, 6.45) is 0. The predicted molar refractivity (Wildman–Crippen MR) is 58.3 cm³/mol. The van der Waals surface area contributed by atoms with E-state index in [1.807, 2.05) is 0 Å². The second-order valence-corrected chi connectivity index (χ2v) is 4.91. The minimum absolute atomic E-state index is 0.00831. The smallest absolute Gasteiger partial charge is 0.171 e. The van der Waals surface area contributed by atoms with E-state index < -0.39 is 0 Å². The van der Waals surface area contributed by atoms with Crippen LogP contribution in [0.4, 0.5) is 5.82 Å². The number of hydrogen-bond donors (Lipinski definition) is 3. The van der Waals surface area contributed by atoms with Gasteiger partial charge in [-0.1, -0.05) is 20.8 Å². The van der Waals surface area contributed by atoms with Crippen molar-refractivity contribution < 1.29 is 5.11 Å². The Hall–Kier alpha value is -0.390. The zero-order chi connectivity index (χ0) is 9.52. The van der Waals surface area contributed by atoms with Crippen molar-refractivity contribution in [3.05, 3.63) is 9.26 Å². The number of halogens is 1. The number of anilines is 1. The second kappa shape index (κ2) is 2.83. The molecule has 0 saturated heterocycles. The van der Waals surface area contributed by atoms with Crippen LogP contribution in [0.5, 0.6) is 5.75 Å². The molecule has 0 aliphatic carbocycles. The van der Waals surface area contributed by atoms with Gasteiger partial charge >= 0.3 is 0 Å². The zero-order valence-electron chi connectivity index (χ0n) is 7.40. The van der Waals surface area contributed by atoms with Crippen LogP contribution in [0.15, 0.2) is 0 Å². The molecule has 0 aliphatic heterocycles. The maximum absolute atomic E-state index is 9.43. The van der Waals surface area contributed by atoms with Gasteiger partial charge in [0.15, 0.2) is 5.75 Å². The number of nitrogen functional groups attached to an aromatic ring is 1. The van der Waals surface area contributed by atoms with Crippen molar-refractivity contribution in [3.8, 4) is 5.75 Å². The van der Waals surface area contributed by atoms with E-state index in [1.165, 1.54) is 0 Å². The summed E-state index contributed by atoms with van der Waals surface area (Å²) in [5.74, 6) is 0.518. The van der Waals surface area contributed by atoms with Crippen molar-refractivity contribution in [2.24, 2.45) is 0 Å². The van der Waals surface area contributed by atoms with Crippen molar-refractivity contribution in [1.29, 1.82) is 0 Å². The molecule has 1 rings (SSSR count). The summed E-state index contributed by atoms with van der Waals surface area (Å²) in [5.41, 5.74) is 6.50. The van der Waals surface area contributed by atoms with Crippen LogP contribution < -0.4 is 5.73 Å². The number of aromatic hydroxyl groups is 1. The molecule has 0 saturated carbocycles. The van der Waals surface area contributed by atoms with Crippen LogP contribution in [-0.4, -0.2) is 10.1 Å². The number of aromatic nitrogens is 1. The third kappa shape index (κ3) is 1.53. The lowest BCUT2D eigenvalue weighted by atomic mass is 9.93. The van der Waals surface area contributed by atoms with E-state index in [1.54, 1.807) is 0 Å². The Labute approximate surface area is 85.5 Å². The van der Waals surface area contributed by atoms with Crippen LogP contribution in [-0.2, 0) is 5.41 Å². The van der Waals surface area contributed by atoms with Crippen LogP contribution in [0.25, 0.3) is 0 Å². The lowest BCUT2D eigenvalue weighted by Crippen LogP contribution is -2.13. The van der Waals surface area contributed by atoms with Gasteiger partial charge in [-0.05, 0) is 22.6 Å². The Balaban J connectivity index is 3.28. The molecule has 4 heteroatoms. The first-order valence-corrected chi connectivity index (χ1v) is 4.78. The van der Waals surface area contributed by atoms with Crippen molar-refractivity contribution in [2.75, 3.05) is 5.73 Å². The number of H-pyrrole nitrogens is 1. The van der Waals surface area contributed by atoms with Gasteiger partial charge in [0.25, 0.3) is 0 Å². The van der Waals surface area contributed by atoms with Gasteiger partial charge in [-0.3, -0.25) is 0 Å². The van der Waals surface area contributed by atoms with Gasteiger partial charge in [-0.25, -0.2) is 0 Å². The molecule has 12 heavy (non-hydrogen) atoms. The summed E-state index contributed by atoms with van der Waals surface area (Å²) in [7, 11) is 0. The Morgan fingerprint density at radius 2 is 1.92 bits per heavy atom. The maximum Gasteiger partial charge on any atom is 0.171 e. The van der Waals surface area contributed by atoms with E-state index in [9.17, 15) is 5.11 Å². The van der Waals surface area contributed by atoms with Crippen LogP contribution in [0.2, 0.25) is 0 Å². The molecule has 0 radical (unpaired) electrons. The van der Waals surface area contributed by atoms with Gasteiger partial charge in [0.2, 0.25) is 0 Å². The molecular weight excluding hydrogens is 267 g/mol. The highest BCUT2D eigenvalue weighted by Crippen LogP contribution is 2.35. The third-order valence-corrected chi connectivity index (χ3v) is 2.74. The van der Waals surface area contributed by atoms with Crippen molar-refractivity contribution in [3.63, 3.8) is 0 Å². The molecule has 0 fully saturated rings. The molecular formula is C8H13IN2O. The topological polar surface area (TPSA) is 62.0 Å². The minimum Gasteiger partial charge on any atom is -0.504 e. The molecule has 0 spiro atoms. The highest BCUT2D eigenvalue weighted by atomic mass is 127. The normalized spacial score (nSPS) is 12.0. The summed E-state index contributed by atoms with van der Waals surface area (Å²) < 4.78 is 0.817. The van der Waals surface area contributed by atoms with Gasteiger partial charge < -0.3 is 15.8 Å². The number of aromatic amines is 1. The van der Waals surface area contributed by atoms with Gasteiger partial charge in [-0.15, -0.1) is 0 Å². The first-order valence-electron chi connectivity index (χ1n) is 3.70. The molecule has 4 N–H and O–H groups in total. The highest BCUT2D eigenvalue weighted by Gasteiger charge is 2.22. The molecule has 0 amide bonds. The van der Waals surface area contributed by atoms with E-state index in [0.29, 0.717) is 5.82 Å². The van der Waals surface area contributed by atoms with E-state index >= 15 is 0 Å². The molecule has 0 aliphatic rings. The van der Waals surface area contributed by atoms with Crippen molar-refractivity contribution >= 4 is 28.4 Å². The zero-order valence-corrected chi connectivity index (χ0v) is 9.56. The molecule has 1 aromatic heterocycles. The van der Waals surface area contributed by atoms with E-state index in [0.717, 1.165) is 9.26 Å². The quantitative estimate of drug-likeness (QED) is 0.638. The Morgan fingerprint density at radius 1 is 1.42 bits per heavy atom. The minimum atomic E-state index is -0.00831. The fourth-order valence-corrected chi connectivity index (χ4v) is 2.24. The molecule has 1 heterocycles. The van der Waals surface area contributed by atoms with Gasteiger partial charge in [-0.2, -0.15) is 0 Å². The molecule has 0 unspecified atom stereocenters. The van der Waals surface area contributed by atoms with E-state index in [4.69, 9.17) is 5.73 Å². The number of rotatable bonds is 0. The van der Waals surface area contributed by atoms with Crippen molar-refractivity contribution in [1.82, 2.24) is 4.98 Å². The maximum atomic E-state index is 9.43. The SMILES string of the molecule is CC(C)(C)c1[nH]c(N)c(O)c1I. The standard InChI is InChI=1S/C8H13IN2O/c1-8(2,3)6-4(9)5(12)7(10)11-6/h11-12H,10H2,1-3H3. The molecule has 1 aromatic rings. The van der Waals surface area contributed by atoms with Gasteiger partial charge in [0.1, 0.15) is 5.82 Å². The Kier molecular flexibility index (Phi) is 2.29. The lowest BCUT2D eigenvalue weighted by Gasteiger charge is -2.16. The largest absolute Gasteiger partial charge is 0.504 e. The number of hydrogen-bond acceptors (Lipinski definition) is 2. The van der Waals surface area contributed by atoms with Crippen molar-refractivity contribution in [2.45, 2.75) is 26.2 Å². The molecule has 0 aromatic carbocycles. The Bertz CT molecular complexity index is 299. The summed E-state index contributed by atoms with van der Waals surface area (Å²) >= 11 is 2.09. The number of nitrogens with one attached hydrogen (secondary N) is 1. The molecule has 0 atom stereocenters. The van der Waals surface area contributed by atoms with Gasteiger partial charge in [0.05, 0.1) is 3.57 Å². The summed E-state index contributed by atoms with van der Waals surface area (Å²) in [6, 6.07) is 0. The number of nitrogens with two attached hydrogens (primary N) is 1. The first-order chi connectivity index (χ1) is 5.34. The predicted octanol–water partition coefficient (Wildman–Crippen LogP) is 2.20. The van der Waals surface area contributed by atoms with Gasteiger partial charge in [0, 0.05) is 11.1 Å². The average molecular weight is 280 g/mol. The summed E-state index contributed by atoms with van der Waals surface area (Å²) in [4.78, 5) is 2.97. The van der Waals surface area contributed by atoms with Crippen LogP contribution >= 0.6 is 22.6 Å². The fourth-order valence-electron chi connectivity index (χ4n) is 1.00. The second-order valence-electron chi connectivity index (χ2n) is 3.83. The first kappa shape index (κ1) is 9.70. The molecule has 68 valence electrons. The monoisotopic (exact) mass is 280 g/mol. The van der Waals surface area contributed by atoms with E-state index in [-0.39, 0.29) is 11.2 Å². The van der Waals surface area contributed by atoms with Crippen LogP contribution in [0.3, 0.4) is 0 Å². The summed E-state index contributed by atoms with van der Waals surface area (Å²) in [6.45, 7) is 6.21. The third-order valence-electron chi connectivity index (χ3n) is 1.69. The fraction of sp³-hybridized carbons (Fsp3) is 0.500. The molecule has 3 nitrogen and oxygen atoms in total. The van der Waals surface area contributed by atoms with Crippen LogP contribution in [0.1, 0.15) is 26.5 Å².